The molecule has 2 unspecified atom stereocenters. The second-order valence-corrected chi connectivity index (χ2v) is 6.41. The first-order valence-corrected chi connectivity index (χ1v) is 8.03. The van der Waals surface area contributed by atoms with E-state index in [0.717, 1.165) is 12.8 Å². The molecule has 0 spiro atoms. The number of carbonyl (C=O) groups is 1. The van der Waals surface area contributed by atoms with Crippen LogP contribution in [-0.4, -0.2) is 49.3 Å². The van der Waals surface area contributed by atoms with E-state index in [0.29, 0.717) is 42.4 Å². The number of ether oxygens (including phenoxy) is 3. The minimum atomic E-state index is -0.258. The summed E-state index contributed by atoms with van der Waals surface area (Å²) in [4.78, 5) is 14.8. The van der Waals surface area contributed by atoms with Crippen molar-refractivity contribution in [2.24, 2.45) is 0 Å². The van der Waals surface area contributed by atoms with Crippen molar-refractivity contribution < 1.29 is 19.0 Å². The first-order valence-electron chi connectivity index (χ1n) is 8.03. The summed E-state index contributed by atoms with van der Waals surface area (Å²) in [5, 5.41) is 0. The first-order chi connectivity index (χ1) is 10.7. The molecule has 3 aliphatic rings. The van der Waals surface area contributed by atoms with Crippen LogP contribution in [0.3, 0.4) is 0 Å². The Bertz CT molecular complexity index is 574. The van der Waals surface area contributed by atoms with Gasteiger partial charge in [-0.1, -0.05) is 0 Å². The van der Waals surface area contributed by atoms with Crippen molar-refractivity contribution in [1.82, 2.24) is 4.90 Å². The van der Waals surface area contributed by atoms with Crippen LogP contribution in [0.1, 0.15) is 36.0 Å². The predicted molar refractivity (Wildman–Crippen MR) is 80.4 cm³/mol. The standard InChI is InChI=1S/C17H21NO4/c1-18-12-3-4-13(18)10-14(9-12)22-17(19)11-2-5-15-16(8-11)21-7-6-20-15/h2,5,8,12-14H,3-4,6-7,9-10H2,1H3. The molecule has 2 saturated heterocycles. The predicted octanol–water partition coefficient (Wildman–Crippen LogP) is 2.24. The van der Waals surface area contributed by atoms with Gasteiger partial charge < -0.3 is 19.1 Å². The molecule has 22 heavy (non-hydrogen) atoms. The Morgan fingerprint density at radius 3 is 2.55 bits per heavy atom. The van der Waals surface area contributed by atoms with Gasteiger partial charge >= 0.3 is 5.97 Å². The van der Waals surface area contributed by atoms with Gasteiger partial charge in [0.05, 0.1) is 5.56 Å². The van der Waals surface area contributed by atoms with Crippen LogP contribution in [-0.2, 0) is 4.74 Å². The van der Waals surface area contributed by atoms with Gasteiger partial charge in [-0.2, -0.15) is 0 Å². The maximum Gasteiger partial charge on any atom is 0.338 e. The van der Waals surface area contributed by atoms with Gasteiger partial charge in [-0.3, -0.25) is 0 Å². The maximum absolute atomic E-state index is 12.4. The molecule has 118 valence electrons. The molecule has 1 aromatic rings. The van der Waals surface area contributed by atoms with Crippen LogP contribution in [0.5, 0.6) is 11.5 Å². The fourth-order valence-corrected chi connectivity index (χ4v) is 3.85. The van der Waals surface area contributed by atoms with E-state index in [4.69, 9.17) is 14.2 Å². The first kappa shape index (κ1) is 13.9. The second-order valence-electron chi connectivity index (χ2n) is 6.41. The van der Waals surface area contributed by atoms with Crippen molar-refractivity contribution in [2.45, 2.75) is 43.9 Å². The molecule has 3 aliphatic heterocycles. The molecule has 2 fully saturated rings. The lowest BCUT2D eigenvalue weighted by Gasteiger charge is -2.35. The molecule has 1 aromatic carbocycles. The zero-order chi connectivity index (χ0) is 15.1. The van der Waals surface area contributed by atoms with Crippen molar-refractivity contribution >= 4 is 5.97 Å². The highest BCUT2D eigenvalue weighted by Crippen LogP contribution is 2.36. The number of carbonyl (C=O) groups excluding carboxylic acids is 1. The van der Waals surface area contributed by atoms with Crippen molar-refractivity contribution in [3.63, 3.8) is 0 Å². The van der Waals surface area contributed by atoms with E-state index >= 15 is 0 Å². The van der Waals surface area contributed by atoms with Crippen molar-refractivity contribution in [1.29, 1.82) is 0 Å². The van der Waals surface area contributed by atoms with E-state index in [1.807, 2.05) is 0 Å². The van der Waals surface area contributed by atoms with Crippen LogP contribution in [0.25, 0.3) is 0 Å². The topological polar surface area (TPSA) is 48.0 Å². The van der Waals surface area contributed by atoms with Crippen LogP contribution >= 0.6 is 0 Å². The van der Waals surface area contributed by atoms with E-state index in [2.05, 4.69) is 11.9 Å². The van der Waals surface area contributed by atoms with Crippen molar-refractivity contribution in [3.05, 3.63) is 23.8 Å². The lowest BCUT2D eigenvalue weighted by atomic mass is 10.0. The molecular formula is C17H21NO4. The Morgan fingerprint density at radius 2 is 1.82 bits per heavy atom. The van der Waals surface area contributed by atoms with E-state index < -0.39 is 0 Å². The summed E-state index contributed by atoms with van der Waals surface area (Å²) in [5.41, 5.74) is 0.538. The fraction of sp³-hybridized carbons (Fsp3) is 0.588. The smallest absolute Gasteiger partial charge is 0.338 e. The summed E-state index contributed by atoms with van der Waals surface area (Å²) in [6, 6.07) is 6.39. The van der Waals surface area contributed by atoms with E-state index in [-0.39, 0.29) is 12.1 Å². The highest BCUT2D eigenvalue weighted by atomic mass is 16.6. The van der Waals surface area contributed by atoms with Crippen LogP contribution in [0.15, 0.2) is 18.2 Å². The minimum Gasteiger partial charge on any atom is -0.486 e. The number of nitrogens with zero attached hydrogens (tertiary/aromatic N) is 1. The number of rotatable bonds is 2. The third kappa shape index (κ3) is 2.43. The molecule has 0 radical (unpaired) electrons. The Balaban J connectivity index is 1.44. The summed E-state index contributed by atoms with van der Waals surface area (Å²) in [6.07, 6.45) is 4.37. The molecule has 5 nitrogen and oxygen atoms in total. The van der Waals surface area contributed by atoms with Crippen LogP contribution < -0.4 is 9.47 Å². The molecule has 5 heteroatoms. The Kier molecular flexibility index (Phi) is 3.45. The van der Waals surface area contributed by atoms with Crippen LogP contribution in [0.2, 0.25) is 0 Å². The summed E-state index contributed by atoms with van der Waals surface area (Å²) in [5.74, 6) is 1.07. The molecule has 2 atom stereocenters. The SMILES string of the molecule is CN1C2CCC1CC(OC(=O)c1ccc3c(c1)OCCO3)C2. The molecule has 4 rings (SSSR count). The largest absolute Gasteiger partial charge is 0.486 e. The van der Waals surface area contributed by atoms with Gasteiger partial charge in [0.25, 0.3) is 0 Å². The van der Waals surface area contributed by atoms with Gasteiger partial charge in [0.2, 0.25) is 0 Å². The van der Waals surface area contributed by atoms with Gasteiger partial charge in [-0.15, -0.1) is 0 Å². The number of fused-ring (bicyclic) bond motifs is 3. The average Bonchev–Trinajstić information content (AvgIpc) is 2.75. The molecule has 0 amide bonds. The second kappa shape index (κ2) is 5.47. The third-order valence-electron chi connectivity index (χ3n) is 5.11. The monoisotopic (exact) mass is 303 g/mol. The molecule has 0 N–H and O–H groups in total. The maximum atomic E-state index is 12.4. The highest BCUT2D eigenvalue weighted by molar-refractivity contribution is 5.90. The van der Waals surface area contributed by atoms with Gasteiger partial charge in [0.15, 0.2) is 11.5 Å². The van der Waals surface area contributed by atoms with E-state index in [1.54, 1.807) is 18.2 Å². The Morgan fingerprint density at radius 1 is 1.14 bits per heavy atom. The molecule has 0 aromatic heterocycles. The zero-order valence-electron chi connectivity index (χ0n) is 12.8. The number of hydrogen-bond acceptors (Lipinski definition) is 5. The third-order valence-corrected chi connectivity index (χ3v) is 5.11. The average molecular weight is 303 g/mol. The van der Waals surface area contributed by atoms with E-state index in [9.17, 15) is 4.79 Å². The van der Waals surface area contributed by atoms with Gasteiger partial charge in [-0.25, -0.2) is 4.79 Å². The molecule has 0 aliphatic carbocycles. The normalized spacial score (nSPS) is 30.1. The highest BCUT2D eigenvalue weighted by Gasteiger charge is 2.39. The summed E-state index contributed by atoms with van der Waals surface area (Å²) < 4.78 is 16.7. The molecular weight excluding hydrogens is 282 g/mol. The molecule has 3 heterocycles. The minimum absolute atomic E-state index is 0.0365. The van der Waals surface area contributed by atoms with Crippen molar-refractivity contribution in [2.75, 3.05) is 20.3 Å². The number of benzene rings is 1. The Labute approximate surface area is 130 Å². The number of hydrogen-bond donors (Lipinski definition) is 0. The lowest BCUT2D eigenvalue weighted by molar-refractivity contribution is -0.000505. The molecule has 2 bridgehead atoms. The summed E-state index contributed by atoms with van der Waals surface area (Å²) in [7, 11) is 2.18. The zero-order valence-corrected chi connectivity index (χ0v) is 12.8. The lowest BCUT2D eigenvalue weighted by Crippen LogP contribution is -2.43. The van der Waals surface area contributed by atoms with E-state index in [1.165, 1.54) is 12.8 Å². The Hall–Kier alpha value is -1.75. The summed E-state index contributed by atoms with van der Waals surface area (Å²) >= 11 is 0. The number of esters is 1. The van der Waals surface area contributed by atoms with Crippen LogP contribution in [0, 0.1) is 0 Å². The summed E-state index contributed by atoms with van der Waals surface area (Å²) in [6.45, 7) is 1.07. The quantitative estimate of drug-likeness (QED) is 0.784. The van der Waals surface area contributed by atoms with Crippen molar-refractivity contribution in [3.8, 4) is 11.5 Å². The van der Waals surface area contributed by atoms with Gasteiger partial charge in [0, 0.05) is 24.9 Å². The molecule has 0 saturated carbocycles. The fourth-order valence-electron chi connectivity index (χ4n) is 3.85. The van der Waals surface area contributed by atoms with Crippen LogP contribution in [0.4, 0.5) is 0 Å². The number of piperidine rings is 1. The van der Waals surface area contributed by atoms with Gasteiger partial charge in [0.1, 0.15) is 19.3 Å². The van der Waals surface area contributed by atoms with Gasteiger partial charge in [-0.05, 0) is 38.1 Å².